The van der Waals surface area contributed by atoms with Crippen molar-refractivity contribution in [2.75, 3.05) is 6.61 Å². The topological polar surface area (TPSA) is 21.3 Å². The summed E-state index contributed by atoms with van der Waals surface area (Å²) in [4.78, 5) is 1.39. The van der Waals surface area contributed by atoms with Crippen molar-refractivity contribution in [1.82, 2.24) is 5.32 Å². The summed E-state index contributed by atoms with van der Waals surface area (Å²) in [5.41, 5.74) is 0. The molecule has 2 atom stereocenters. The number of nitrogens with one attached hydrogen (secondary N) is 1. The van der Waals surface area contributed by atoms with Crippen LogP contribution in [0.5, 0.6) is 0 Å². The number of thiophene rings is 1. The molecular formula is C12H16BrNOS. The molecule has 2 aliphatic rings. The second kappa shape index (κ2) is 4.77. The highest BCUT2D eigenvalue weighted by Crippen LogP contribution is 2.38. The molecule has 1 aliphatic carbocycles. The predicted octanol–water partition coefficient (Wildman–Crippen LogP) is 3.17. The van der Waals surface area contributed by atoms with Gasteiger partial charge in [-0.2, -0.15) is 0 Å². The van der Waals surface area contributed by atoms with Gasteiger partial charge in [-0.1, -0.05) is 0 Å². The molecule has 2 heterocycles. The van der Waals surface area contributed by atoms with Gasteiger partial charge in [0.15, 0.2) is 0 Å². The Labute approximate surface area is 109 Å². The van der Waals surface area contributed by atoms with Gasteiger partial charge < -0.3 is 10.1 Å². The van der Waals surface area contributed by atoms with Gasteiger partial charge in [0.2, 0.25) is 0 Å². The van der Waals surface area contributed by atoms with Gasteiger partial charge >= 0.3 is 0 Å². The predicted molar refractivity (Wildman–Crippen MR) is 69.7 cm³/mol. The molecular weight excluding hydrogens is 286 g/mol. The Kier molecular flexibility index (Phi) is 3.34. The summed E-state index contributed by atoms with van der Waals surface area (Å²) in [5.74, 6) is 0.840. The van der Waals surface area contributed by atoms with Crippen molar-refractivity contribution >= 4 is 27.3 Å². The van der Waals surface area contributed by atoms with Crippen LogP contribution in [0.15, 0.2) is 15.9 Å². The third kappa shape index (κ3) is 2.35. The SMILES string of the molecule is Brc1ccsc1CNC1CCOC1C1CC1. The Morgan fingerprint density at radius 2 is 2.31 bits per heavy atom. The molecule has 0 spiro atoms. The molecule has 16 heavy (non-hydrogen) atoms. The van der Waals surface area contributed by atoms with E-state index >= 15 is 0 Å². The quantitative estimate of drug-likeness (QED) is 0.922. The average molecular weight is 302 g/mol. The van der Waals surface area contributed by atoms with E-state index < -0.39 is 0 Å². The lowest BCUT2D eigenvalue weighted by Crippen LogP contribution is -2.37. The molecule has 3 rings (SSSR count). The highest BCUT2D eigenvalue weighted by atomic mass is 79.9. The van der Waals surface area contributed by atoms with Crippen molar-refractivity contribution in [3.8, 4) is 0 Å². The number of hydrogen-bond donors (Lipinski definition) is 1. The first-order valence-electron chi connectivity index (χ1n) is 5.91. The Morgan fingerprint density at radius 1 is 1.44 bits per heavy atom. The van der Waals surface area contributed by atoms with E-state index in [0.29, 0.717) is 12.1 Å². The minimum Gasteiger partial charge on any atom is -0.376 e. The molecule has 2 fully saturated rings. The molecule has 0 radical (unpaired) electrons. The van der Waals surface area contributed by atoms with E-state index in [9.17, 15) is 0 Å². The van der Waals surface area contributed by atoms with Gasteiger partial charge in [0.05, 0.1) is 6.10 Å². The lowest BCUT2D eigenvalue weighted by atomic mass is 10.1. The summed E-state index contributed by atoms with van der Waals surface area (Å²) < 4.78 is 7.05. The van der Waals surface area contributed by atoms with E-state index in [0.717, 1.165) is 19.1 Å². The van der Waals surface area contributed by atoms with Crippen LogP contribution in [0.2, 0.25) is 0 Å². The molecule has 2 nitrogen and oxygen atoms in total. The maximum atomic E-state index is 5.82. The summed E-state index contributed by atoms with van der Waals surface area (Å²) in [6.07, 6.45) is 4.39. The molecule has 1 saturated heterocycles. The molecule has 0 aromatic carbocycles. The Morgan fingerprint density at radius 3 is 3.00 bits per heavy atom. The first-order chi connectivity index (χ1) is 7.84. The monoisotopic (exact) mass is 301 g/mol. The van der Waals surface area contributed by atoms with Crippen LogP contribution in [-0.4, -0.2) is 18.8 Å². The summed E-state index contributed by atoms with van der Waals surface area (Å²) in [7, 11) is 0. The van der Waals surface area contributed by atoms with Crippen LogP contribution in [-0.2, 0) is 11.3 Å². The summed E-state index contributed by atoms with van der Waals surface area (Å²) in [5, 5.41) is 5.78. The number of halogens is 1. The number of rotatable bonds is 4. The molecule has 88 valence electrons. The second-order valence-electron chi connectivity index (χ2n) is 4.64. The third-order valence-electron chi connectivity index (χ3n) is 3.44. The van der Waals surface area contributed by atoms with Crippen LogP contribution in [0, 0.1) is 5.92 Å². The Hall–Kier alpha value is 0.1000. The lowest BCUT2D eigenvalue weighted by Gasteiger charge is -2.19. The van der Waals surface area contributed by atoms with Crippen molar-refractivity contribution < 1.29 is 4.74 Å². The minimum atomic E-state index is 0.485. The van der Waals surface area contributed by atoms with E-state index in [-0.39, 0.29) is 0 Å². The van der Waals surface area contributed by atoms with E-state index in [2.05, 4.69) is 32.7 Å². The van der Waals surface area contributed by atoms with Crippen molar-refractivity contribution in [1.29, 1.82) is 0 Å². The smallest absolute Gasteiger partial charge is 0.0757 e. The molecule has 1 aliphatic heterocycles. The number of ether oxygens (including phenoxy) is 1. The van der Waals surface area contributed by atoms with Crippen LogP contribution in [0.4, 0.5) is 0 Å². The van der Waals surface area contributed by atoms with Crippen LogP contribution in [0.1, 0.15) is 24.1 Å². The van der Waals surface area contributed by atoms with Crippen LogP contribution < -0.4 is 5.32 Å². The fourth-order valence-corrected chi connectivity index (χ4v) is 3.84. The first kappa shape index (κ1) is 11.2. The van der Waals surface area contributed by atoms with E-state index in [1.54, 1.807) is 0 Å². The summed E-state index contributed by atoms with van der Waals surface area (Å²) >= 11 is 5.38. The fourth-order valence-electron chi connectivity index (χ4n) is 2.39. The van der Waals surface area contributed by atoms with Gasteiger partial charge in [-0.25, -0.2) is 0 Å². The second-order valence-corrected chi connectivity index (χ2v) is 6.50. The average Bonchev–Trinajstić information content (AvgIpc) is 2.88. The standard InChI is InChI=1S/C12H16BrNOS/c13-9-4-6-16-11(9)7-14-10-3-5-15-12(10)8-1-2-8/h4,6,8,10,12,14H,1-3,5,7H2. The molecule has 1 saturated carbocycles. The van der Waals surface area contributed by atoms with Gasteiger partial charge in [0.1, 0.15) is 0 Å². The normalized spacial score (nSPS) is 29.8. The largest absolute Gasteiger partial charge is 0.376 e. The van der Waals surface area contributed by atoms with Crippen molar-refractivity contribution in [2.45, 2.75) is 38.0 Å². The summed E-state index contributed by atoms with van der Waals surface area (Å²) in [6, 6.07) is 2.69. The van der Waals surface area contributed by atoms with Gasteiger partial charge in [0.25, 0.3) is 0 Å². The molecule has 0 bridgehead atoms. The maximum Gasteiger partial charge on any atom is 0.0757 e. The van der Waals surface area contributed by atoms with Crippen molar-refractivity contribution in [2.24, 2.45) is 5.92 Å². The Bertz CT molecular complexity index is 364. The summed E-state index contributed by atoms with van der Waals surface area (Å²) in [6.45, 7) is 1.90. The number of hydrogen-bond acceptors (Lipinski definition) is 3. The van der Waals surface area contributed by atoms with E-state index in [1.165, 1.54) is 28.6 Å². The van der Waals surface area contributed by atoms with Gasteiger partial charge in [0, 0.05) is 28.5 Å². The molecule has 1 aromatic heterocycles. The fraction of sp³-hybridized carbons (Fsp3) is 0.667. The van der Waals surface area contributed by atoms with E-state index in [4.69, 9.17) is 4.74 Å². The van der Waals surface area contributed by atoms with Crippen molar-refractivity contribution in [3.63, 3.8) is 0 Å². The highest BCUT2D eigenvalue weighted by molar-refractivity contribution is 9.10. The van der Waals surface area contributed by atoms with E-state index in [1.807, 2.05) is 11.3 Å². The molecule has 1 N–H and O–H groups in total. The van der Waals surface area contributed by atoms with Crippen LogP contribution >= 0.6 is 27.3 Å². The third-order valence-corrected chi connectivity index (χ3v) is 5.36. The molecule has 4 heteroatoms. The minimum absolute atomic E-state index is 0.485. The Balaban J connectivity index is 1.56. The maximum absolute atomic E-state index is 5.82. The van der Waals surface area contributed by atoms with Gasteiger partial charge in [-0.15, -0.1) is 11.3 Å². The first-order valence-corrected chi connectivity index (χ1v) is 7.59. The van der Waals surface area contributed by atoms with Gasteiger partial charge in [-0.05, 0) is 52.6 Å². The van der Waals surface area contributed by atoms with Crippen LogP contribution in [0.3, 0.4) is 0 Å². The zero-order valence-electron chi connectivity index (χ0n) is 9.12. The van der Waals surface area contributed by atoms with Gasteiger partial charge in [-0.3, -0.25) is 0 Å². The van der Waals surface area contributed by atoms with Crippen molar-refractivity contribution in [3.05, 3.63) is 20.8 Å². The zero-order valence-corrected chi connectivity index (χ0v) is 11.5. The highest BCUT2D eigenvalue weighted by Gasteiger charge is 2.40. The lowest BCUT2D eigenvalue weighted by molar-refractivity contribution is 0.0809. The molecule has 1 aromatic rings. The van der Waals surface area contributed by atoms with Crippen LogP contribution in [0.25, 0.3) is 0 Å². The molecule has 0 amide bonds. The zero-order chi connectivity index (χ0) is 11.0. The molecule has 2 unspecified atom stereocenters.